The lowest BCUT2D eigenvalue weighted by atomic mass is 9.92. The molecule has 1 aliphatic heterocycles. The summed E-state index contributed by atoms with van der Waals surface area (Å²) >= 11 is 0. The van der Waals surface area contributed by atoms with Crippen molar-refractivity contribution in [1.29, 1.82) is 0 Å². The van der Waals surface area contributed by atoms with Gasteiger partial charge in [0, 0.05) is 31.2 Å². The van der Waals surface area contributed by atoms with E-state index in [-0.39, 0.29) is 0 Å². The van der Waals surface area contributed by atoms with E-state index in [0.29, 0.717) is 12.0 Å². The molecule has 0 amide bonds. The molecule has 5 heteroatoms. The highest BCUT2D eigenvalue weighted by molar-refractivity contribution is 5.56. The van der Waals surface area contributed by atoms with Gasteiger partial charge in [0.15, 0.2) is 5.82 Å². The molecule has 5 nitrogen and oxygen atoms in total. The average molecular weight is 285 g/mol. The molecule has 3 heterocycles. The number of hydrogen-bond acceptors (Lipinski definition) is 4. The van der Waals surface area contributed by atoms with Gasteiger partial charge in [-0.1, -0.05) is 0 Å². The van der Waals surface area contributed by atoms with E-state index in [4.69, 9.17) is 0 Å². The molecule has 2 aromatic rings. The van der Waals surface area contributed by atoms with E-state index in [1.165, 1.54) is 19.4 Å². The Hall–Kier alpha value is -1.88. The average Bonchev–Trinajstić information content (AvgIpc) is 3.02. The first-order chi connectivity index (χ1) is 10.2. The number of pyridine rings is 1. The van der Waals surface area contributed by atoms with Crippen LogP contribution < -0.4 is 5.32 Å². The quantitative estimate of drug-likeness (QED) is 0.937. The molecular formula is C16H23N5. The summed E-state index contributed by atoms with van der Waals surface area (Å²) in [6, 6.07) is 6.38. The fourth-order valence-corrected chi connectivity index (χ4v) is 3.06. The number of aromatic nitrogens is 3. The van der Waals surface area contributed by atoms with Crippen molar-refractivity contribution in [3.8, 4) is 5.82 Å². The van der Waals surface area contributed by atoms with Crippen molar-refractivity contribution in [3.63, 3.8) is 0 Å². The van der Waals surface area contributed by atoms with Crippen molar-refractivity contribution in [2.24, 2.45) is 5.92 Å². The molecule has 2 atom stereocenters. The molecule has 112 valence electrons. The Morgan fingerprint density at radius 2 is 2.24 bits per heavy atom. The standard InChI is InChI=1S/C16H23N5/c1-13(14-6-4-10-20(2)12-14)19-15-7-3-8-17-16(15)21-11-5-9-18-21/h3,5,7-9,11,13-14,19H,4,6,10,12H2,1-2H3. The van der Waals surface area contributed by atoms with Crippen molar-refractivity contribution < 1.29 is 0 Å². The third-order valence-electron chi connectivity index (χ3n) is 4.26. The number of anilines is 1. The normalized spacial score (nSPS) is 21.1. The first kappa shape index (κ1) is 14.1. The van der Waals surface area contributed by atoms with E-state index in [0.717, 1.165) is 18.1 Å². The van der Waals surface area contributed by atoms with Crippen LogP contribution in [0.1, 0.15) is 19.8 Å². The Bertz CT molecular complexity index is 566. The van der Waals surface area contributed by atoms with Crippen LogP contribution in [0.5, 0.6) is 0 Å². The summed E-state index contributed by atoms with van der Waals surface area (Å²) in [5.74, 6) is 1.54. The van der Waals surface area contributed by atoms with E-state index in [2.05, 4.69) is 40.3 Å². The van der Waals surface area contributed by atoms with Gasteiger partial charge < -0.3 is 10.2 Å². The third-order valence-corrected chi connectivity index (χ3v) is 4.26. The molecule has 21 heavy (non-hydrogen) atoms. The summed E-state index contributed by atoms with van der Waals surface area (Å²) in [7, 11) is 2.21. The third kappa shape index (κ3) is 3.24. The Morgan fingerprint density at radius 3 is 3.00 bits per heavy atom. The topological polar surface area (TPSA) is 46.0 Å². The second-order valence-corrected chi connectivity index (χ2v) is 5.92. The van der Waals surface area contributed by atoms with Crippen LogP contribution in [0.2, 0.25) is 0 Å². The Kier molecular flexibility index (Phi) is 4.20. The van der Waals surface area contributed by atoms with Gasteiger partial charge in [-0.3, -0.25) is 0 Å². The van der Waals surface area contributed by atoms with Crippen LogP contribution in [-0.2, 0) is 0 Å². The van der Waals surface area contributed by atoms with Crippen LogP contribution in [-0.4, -0.2) is 45.8 Å². The molecular weight excluding hydrogens is 262 g/mol. The highest BCUT2D eigenvalue weighted by Gasteiger charge is 2.23. The largest absolute Gasteiger partial charge is 0.379 e. The number of rotatable bonds is 4. The molecule has 0 radical (unpaired) electrons. The number of nitrogens with zero attached hydrogens (tertiary/aromatic N) is 4. The van der Waals surface area contributed by atoms with Gasteiger partial charge >= 0.3 is 0 Å². The van der Waals surface area contributed by atoms with Gasteiger partial charge in [0.1, 0.15) is 0 Å². The molecule has 2 unspecified atom stereocenters. The van der Waals surface area contributed by atoms with Crippen molar-refractivity contribution in [2.45, 2.75) is 25.8 Å². The van der Waals surface area contributed by atoms with Crippen LogP contribution in [0.15, 0.2) is 36.8 Å². The molecule has 0 aliphatic carbocycles. The lowest BCUT2D eigenvalue weighted by molar-refractivity contribution is 0.197. The first-order valence-corrected chi connectivity index (χ1v) is 7.64. The minimum Gasteiger partial charge on any atom is -0.379 e. The minimum absolute atomic E-state index is 0.422. The number of nitrogens with one attached hydrogen (secondary N) is 1. The van der Waals surface area contributed by atoms with E-state index >= 15 is 0 Å². The zero-order valence-electron chi connectivity index (χ0n) is 12.7. The molecule has 0 spiro atoms. The zero-order chi connectivity index (χ0) is 14.7. The fourth-order valence-electron chi connectivity index (χ4n) is 3.06. The SMILES string of the molecule is CC(Nc1cccnc1-n1cccn1)C1CCCN(C)C1. The molecule has 3 rings (SSSR count). The van der Waals surface area contributed by atoms with Crippen molar-refractivity contribution in [3.05, 3.63) is 36.8 Å². The summed E-state index contributed by atoms with van der Waals surface area (Å²) in [4.78, 5) is 6.88. The number of likely N-dealkylation sites (tertiary alicyclic amines) is 1. The van der Waals surface area contributed by atoms with E-state index in [1.54, 1.807) is 12.4 Å². The maximum Gasteiger partial charge on any atom is 0.176 e. The van der Waals surface area contributed by atoms with Gasteiger partial charge in [0.25, 0.3) is 0 Å². The molecule has 1 N–H and O–H groups in total. The van der Waals surface area contributed by atoms with Crippen molar-refractivity contribution >= 4 is 5.69 Å². The second-order valence-electron chi connectivity index (χ2n) is 5.92. The minimum atomic E-state index is 0.422. The maximum atomic E-state index is 4.46. The monoisotopic (exact) mass is 285 g/mol. The smallest absolute Gasteiger partial charge is 0.176 e. The second kappa shape index (κ2) is 6.26. The molecule has 0 saturated carbocycles. The Balaban J connectivity index is 1.75. The van der Waals surface area contributed by atoms with Crippen LogP contribution in [0.3, 0.4) is 0 Å². The summed E-state index contributed by atoms with van der Waals surface area (Å²) in [6.45, 7) is 4.64. The van der Waals surface area contributed by atoms with E-state index in [1.807, 2.05) is 23.0 Å². The first-order valence-electron chi connectivity index (χ1n) is 7.64. The zero-order valence-corrected chi connectivity index (χ0v) is 12.7. The predicted molar refractivity (Wildman–Crippen MR) is 84.7 cm³/mol. The van der Waals surface area contributed by atoms with Gasteiger partial charge in [-0.05, 0) is 57.5 Å². The molecule has 1 aliphatic rings. The summed E-state index contributed by atoms with van der Waals surface area (Å²) < 4.78 is 1.81. The molecule has 2 aromatic heterocycles. The van der Waals surface area contributed by atoms with Gasteiger partial charge in [0.05, 0.1) is 5.69 Å². The molecule has 1 fully saturated rings. The predicted octanol–water partition coefficient (Wildman–Crippen LogP) is 2.41. The summed E-state index contributed by atoms with van der Waals surface area (Å²) in [6.07, 6.45) is 8.08. The summed E-state index contributed by atoms with van der Waals surface area (Å²) in [5.41, 5.74) is 1.04. The number of piperidine rings is 1. The van der Waals surface area contributed by atoms with Crippen LogP contribution in [0.25, 0.3) is 5.82 Å². The van der Waals surface area contributed by atoms with Gasteiger partial charge in [-0.25, -0.2) is 9.67 Å². The van der Waals surface area contributed by atoms with Gasteiger partial charge in [-0.15, -0.1) is 0 Å². The Labute approximate surface area is 126 Å². The molecule has 1 saturated heterocycles. The number of hydrogen-bond donors (Lipinski definition) is 1. The van der Waals surface area contributed by atoms with Crippen LogP contribution >= 0.6 is 0 Å². The van der Waals surface area contributed by atoms with E-state index in [9.17, 15) is 0 Å². The Morgan fingerprint density at radius 1 is 1.33 bits per heavy atom. The maximum absolute atomic E-state index is 4.46. The highest BCUT2D eigenvalue weighted by atomic mass is 15.3. The highest BCUT2D eigenvalue weighted by Crippen LogP contribution is 2.24. The molecule has 0 aromatic carbocycles. The van der Waals surface area contributed by atoms with Crippen molar-refractivity contribution in [1.82, 2.24) is 19.7 Å². The van der Waals surface area contributed by atoms with Gasteiger partial charge in [-0.2, -0.15) is 5.10 Å². The molecule has 0 bridgehead atoms. The van der Waals surface area contributed by atoms with Gasteiger partial charge in [0.2, 0.25) is 0 Å². The van der Waals surface area contributed by atoms with Crippen LogP contribution in [0, 0.1) is 5.92 Å². The van der Waals surface area contributed by atoms with E-state index < -0.39 is 0 Å². The lowest BCUT2D eigenvalue weighted by Crippen LogP contribution is -2.40. The lowest BCUT2D eigenvalue weighted by Gasteiger charge is -2.34. The van der Waals surface area contributed by atoms with Crippen molar-refractivity contribution in [2.75, 3.05) is 25.5 Å². The van der Waals surface area contributed by atoms with Crippen LogP contribution in [0.4, 0.5) is 5.69 Å². The summed E-state index contributed by atoms with van der Waals surface area (Å²) in [5, 5.41) is 7.92. The fraction of sp³-hybridized carbons (Fsp3) is 0.500.